The number of H-pyrrole nitrogens is 1. The summed E-state index contributed by atoms with van der Waals surface area (Å²) in [6, 6.07) is 10.9. The number of fused-ring (bicyclic) bond motifs is 1. The van der Waals surface area contributed by atoms with Gasteiger partial charge in [-0.1, -0.05) is 0 Å². The van der Waals surface area contributed by atoms with E-state index in [-0.39, 0.29) is 5.91 Å². The molecule has 0 bridgehead atoms. The van der Waals surface area contributed by atoms with E-state index in [9.17, 15) is 4.79 Å². The average molecular weight is 447 g/mol. The van der Waals surface area contributed by atoms with Crippen LogP contribution >= 0.6 is 0 Å². The van der Waals surface area contributed by atoms with E-state index in [1.165, 1.54) is 0 Å². The van der Waals surface area contributed by atoms with E-state index < -0.39 is 0 Å². The highest BCUT2D eigenvalue weighted by Gasteiger charge is 2.19. The number of aromatic amines is 1. The van der Waals surface area contributed by atoms with Crippen molar-refractivity contribution in [1.82, 2.24) is 30.3 Å². The second-order valence-electron chi connectivity index (χ2n) is 8.17. The quantitative estimate of drug-likeness (QED) is 0.359. The van der Waals surface area contributed by atoms with Crippen LogP contribution in [-0.2, 0) is 7.05 Å². The Kier molecular flexibility index (Phi) is 5.66. The van der Waals surface area contributed by atoms with Gasteiger partial charge in [0.2, 0.25) is 0 Å². The Morgan fingerprint density at radius 2 is 2.09 bits per heavy atom. The van der Waals surface area contributed by atoms with Gasteiger partial charge >= 0.3 is 0 Å². The van der Waals surface area contributed by atoms with Crippen molar-refractivity contribution >= 4 is 28.6 Å². The number of carbonyl (C=O) groups excluding carboxylic acids is 1. The molecule has 4 heterocycles. The first-order valence-electron chi connectivity index (χ1n) is 11.0. The topological polar surface area (TPSA) is 122 Å². The summed E-state index contributed by atoms with van der Waals surface area (Å²) in [5.74, 6) is 2.27. The highest BCUT2D eigenvalue weighted by atomic mass is 16.5. The first kappa shape index (κ1) is 21.0. The molecule has 1 aliphatic rings. The number of piperidine rings is 1. The fourth-order valence-electron chi connectivity index (χ4n) is 3.89. The minimum atomic E-state index is -0.228. The Hall–Kier alpha value is -3.92. The number of anilines is 2. The molecule has 0 spiro atoms. The predicted molar refractivity (Wildman–Crippen MR) is 126 cm³/mol. The zero-order chi connectivity index (χ0) is 22.8. The van der Waals surface area contributed by atoms with Crippen LogP contribution in [0, 0.1) is 6.92 Å². The number of amides is 1. The molecule has 3 aromatic heterocycles. The zero-order valence-electron chi connectivity index (χ0n) is 18.6. The smallest absolute Gasteiger partial charge is 0.256 e. The third-order valence-electron chi connectivity index (χ3n) is 5.76. The zero-order valence-corrected chi connectivity index (χ0v) is 18.6. The Morgan fingerprint density at radius 1 is 1.24 bits per heavy atom. The summed E-state index contributed by atoms with van der Waals surface area (Å²) in [4.78, 5) is 16.9. The first-order valence-corrected chi connectivity index (χ1v) is 11.0. The van der Waals surface area contributed by atoms with E-state index in [1.807, 2.05) is 26.1 Å². The minimum absolute atomic E-state index is 0.228. The first-order chi connectivity index (χ1) is 16.1. The second kappa shape index (κ2) is 8.91. The number of pyridine rings is 1. The number of rotatable bonds is 6. The molecule has 1 amide bonds. The summed E-state index contributed by atoms with van der Waals surface area (Å²) in [6.45, 7) is 3.87. The van der Waals surface area contributed by atoms with Gasteiger partial charge in [-0.25, -0.2) is 4.98 Å². The van der Waals surface area contributed by atoms with E-state index in [2.05, 4.69) is 36.2 Å². The molecule has 1 fully saturated rings. The van der Waals surface area contributed by atoms with Crippen LogP contribution < -0.4 is 20.7 Å². The molecule has 33 heavy (non-hydrogen) atoms. The molecule has 10 nitrogen and oxygen atoms in total. The maximum Gasteiger partial charge on any atom is 0.256 e. The molecular formula is C23H26N8O2. The molecule has 1 atom stereocenters. The van der Waals surface area contributed by atoms with Crippen LogP contribution in [0.15, 0.2) is 42.6 Å². The number of nitrogens with one attached hydrogen (secondary N) is 4. The predicted octanol–water partition coefficient (Wildman–Crippen LogP) is 3.21. The lowest BCUT2D eigenvalue weighted by atomic mass is 10.1. The van der Waals surface area contributed by atoms with Crippen LogP contribution in [0.25, 0.3) is 11.0 Å². The second-order valence-corrected chi connectivity index (χ2v) is 8.17. The molecule has 1 aromatic carbocycles. The van der Waals surface area contributed by atoms with E-state index in [4.69, 9.17) is 4.74 Å². The molecule has 170 valence electrons. The van der Waals surface area contributed by atoms with Gasteiger partial charge in [-0.3, -0.25) is 14.6 Å². The van der Waals surface area contributed by atoms with Crippen LogP contribution in [0.3, 0.4) is 0 Å². The van der Waals surface area contributed by atoms with Gasteiger partial charge in [0.25, 0.3) is 5.91 Å². The van der Waals surface area contributed by atoms with E-state index in [0.717, 1.165) is 42.8 Å². The number of hydrogen-bond acceptors (Lipinski definition) is 7. The van der Waals surface area contributed by atoms with Gasteiger partial charge in [0.05, 0.1) is 0 Å². The molecule has 10 heteroatoms. The molecule has 5 rings (SSSR count). The van der Waals surface area contributed by atoms with E-state index >= 15 is 0 Å². The highest BCUT2D eigenvalue weighted by Crippen LogP contribution is 2.33. The molecule has 0 radical (unpaired) electrons. The third-order valence-corrected chi connectivity index (χ3v) is 5.76. The van der Waals surface area contributed by atoms with E-state index in [0.29, 0.717) is 34.6 Å². The molecule has 0 aliphatic carbocycles. The fraction of sp³-hybridized carbons (Fsp3) is 0.304. The summed E-state index contributed by atoms with van der Waals surface area (Å²) in [6.07, 6.45) is 3.89. The number of nitrogens with zero attached hydrogens (tertiary/aromatic N) is 4. The standard InChI is InChI=1S/C23H26N8O2/c1-14-12-19(30-31(14)2)27-23(32)15-5-7-17(8-6-15)33-18-9-11-25-21-20(18)22(29-28-21)26-16-4-3-10-24-13-16/h5-9,11-12,16,24H,3-4,10,13H2,1-2H3,(H,27,30,32)(H2,25,26,28,29). The van der Waals surface area contributed by atoms with Crippen LogP contribution in [0.4, 0.5) is 11.6 Å². The van der Waals surface area contributed by atoms with Gasteiger partial charge in [-0.2, -0.15) is 10.2 Å². The van der Waals surface area contributed by atoms with Crippen LogP contribution in [0.2, 0.25) is 0 Å². The number of ether oxygens (including phenoxy) is 1. The molecule has 4 aromatic rings. The molecular weight excluding hydrogens is 420 g/mol. The van der Waals surface area contributed by atoms with Crippen LogP contribution in [-0.4, -0.2) is 50.0 Å². The fourth-order valence-corrected chi connectivity index (χ4v) is 3.89. The molecule has 4 N–H and O–H groups in total. The third kappa shape index (κ3) is 4.51. The highest BCUT2D eigenvalue weighted by molar-refractivity contribution is 6.03. The van der Waals surface area contributed by atoms with Crippen molar-refractivity contribution in [3.05, 3.63) is 53.9 Å². The van der Waals surface area contributed by atoms with Crippen LogP contribution in [0.1, 0.15) is 28.9 Å². The van der Waals surface area contributed by atoms with Crippen molar-refractivity contribution in [3.63, 3.8) is 0 Å². The molecule has 1 unspecified atom stereocenters. The van der Waals surface area contributed by atoms with Crippen molar-refractivity contribution in [3.8, 4) is 11.5 Å². The normalized spacial score (nSPS) is 16.0. The van der Waals surface area contributed by atoms with Crippen molar-refractivity contribution in [1.29, 1.82) is 0 Å². The number of hydrogen-bond donors (Lipinski definition) is 4. The summed E-state index contributed by atoms with van der Waals surface area (Å²) in [7, 11) is 1.83. The largest absolute Gasteiger partial charge is 0.456 e. The lowest BCUT2D eigenvalue weighted by Crippen LogP contribution is -2.38. The number of benzene rings is 1. The Morgan fingerprint density at radius 3 is 2.82 bits per heavy atom. The summed E-state index contributed by atoms with van der Waals surface area (Å²) in [5, 5.41) is 22.1. The van der Waals surface area contributed by atoms with Gasteiger partial charge in [-0.15, -0.1) is 0 Å². The van der Waals surface area contributed by atoms with Crippen molar-refractivity contribution in [2.45, 2.75) is 25.8 Å². The minimum Gasteiger partial charge on any atom is -0.456 e. The van der Waals surface area contributed by atoms with Crippen molar-refractivity contribution in [2.75, 3.05) is 23.7 Å². The summed E-state index contributed by atoms with van der Waals surface area (Å²) < 4.78 is 7.86. The van der Waals surface area contributed by atoms with Gasteiger partial charge < -0.3 is 20.7 Å². The summed E-state index contributed by atoms with van der Waals surface area (Å²) >= 11 is 0. The van der Waals surface area contributed by atoms with Gasteiger partial charge in [-0.05, 0) is 50.6 Å². The molecule has 0 saturated carbocycles. The van der Waals surface area contributed by atoms with Crippen molar-refractivity contribution < 1.29 is 9.53 Å². The lowest BCUT2D eigenvalue weighted by molar-refractivity contribution is 0.102. The SMILES string of the molecule is Cc1cc(NC(=O)c2ccc(Oc3ccnc4[nH]nc(NC5CCCNC5)c34)cc2)nn1C. The number of carbonyl (C=O) groups is 1. The van der Waals surface area contributed by atoms with Gasteiger partial charge in [0.1, 0.15) is 16.9 Å². The maximum atomic E-state index is 12.5. The number of aryl methyl sites for hydroxylation is 2. The van der Waals surface area contributed by atoms with E-state index in [1.54, 1.807) is 35.1 Å². The molecule has 1 saturated heterocycles. The van der Waals surface area contributed by atoms with Gasteiger partial charge in [0, 0.05) is 49.2 Å². The molecule has 1 aliphatic heterocycles. The Labute approximate surface area is 190 Å². The van der Waals surface area contributed by atoms with Crippen molar-refractivity contribution in [2.24, 2.45) is 7.05 Å². The monoisotopic (exact) mass is 446 g/mol. The lowest BCUT2D eigenvalue weighted by Gasteiger charge is -2.23. The Bertz CT molecular complexity index is 1250. The number of aromatic nitrogens is 5. The van der Waals surface area contributed by atoms with Crippen LogP contribution in [0.5, 0.6) is 11.5 Å². The van der Waals surface area contributed by atoms with Gasteiger partial charge in [0.15, 0.2) is 17.3 Å². The maximum absolute atomic E-state index is 12.5. The summed E-state index contributed by atoms with van der Waals surface area (Å²) in [5.41, 5.74) is 2.13. The average Bonchev–Trinajstić information content (AvgIpc) is 3.37. The Balaban J connectivity index is 1.32.